The number of benzene rings is 3. The Labute approximate surface area is 253 Å². The van der Waals surface area contributed by atoms with Gasteiger partial charge in [0.2, 0.25) is 11.8 Å². The van der Waals surface area contributed by atoms with Crippen LogP contribution in [0.1, 0.15) is 30.5 Å². The number of nitrogens with zero attached hydrogens (tertiary/aromatic N) is 3. The molecule has 0 radical (unpaired) electrons. The standard InChI is InChI=1S/C35H42N4O4/c1-24-19-39(25(2)23-40)35(42)18-27-16-29(36-34(41)17-28-21-38(4)31-13-9-8-12-30(28)31)14-15-32(27)43-33(24)22-37(3)20-26-10-6-5-7-11-26/h5-16,21,24-25,33,40H,17-20,22-23H2,1-4H3,(H,36,41)/t24-,25-,33-/m0/s1. The van der Waals surface area contributed by atoms with Gasteiger partial charge >= 0.3 is 0 Å². The topological polar surface area (TPSA) is 87.0 Å². The Balaban J connectivity index is 1.37. The molecule has 0 unspecified atom stereocenters. The predicted molar refractivity (Wildman–Crippen MR) is 170 cm³/mol. The van der Waals surface area contributed by atoms with Gasteiger partial charge in [0.25, 0.3) is 0 Å². The van der Waals surface area contributed by atoms with E-state index in [9.17, 15) is 14.7 Å². The van der Waals surface area contributed by atoms with Crippen molar-refractivity contribution in [3.8, 4) is 5.75 Å². The quantitative estimate of drug-likeness (QED) is 0.300. The zero-order valence-electron chi connectivity index (χ0n) is 25.5. The molecule has 0 saturated carbocycles. The summed E-state index contributed by atoms with van der Waals surface area (Å²) in [6.45, 7) is 5.76. The summed E-state index contributed by atoms with van der Waals surface area (Å²) in [5.41, 5.74) is 4.59. The number of anilines is 1. The molecular weight excluding hydrogens is 540 g/mol. The van der Waals surface area contributed by atoms with Crippen LogP contribution in [-0.2, 0) is 36.0 Å². The summed E-state index contributed by atoms with van der Waals surface area (Å²) in [4.78, 5) is 30.7. The Hall–Kier alpha value is -4.14. The second kappa shape index (κ2) is 13.4. The van der Waals surface area contributed by atoms with Crippen LogP contribution in [0.4, 0.5) is 5.69 Å². The summed E-state index contributed by atoms with van der Waals surface area (Å²) in [7, 11) is 4.05. The normalized spacial score (nSPS) is 18.0. The van der Waals surface area contributed by atoms with Crippen molar-refractivity contribution < 1.29 is 19.4 Å². The molecule has 3 atom stereocenters. The Morgan fingerprint density at radius 1 is 1.12 bits per heavy atom. The molecule has 226 valence electrons. The van der Waals surface area contributed by atoms with Crippen LogP contribution >= 0.6 is 0 Å². The van der Waals surface area contributed by atoms with E-state index < -0.39 is 0 Å². The molecule has 1 aliphatic heterocycles. The van der Waals surface area contributed by atoms with Gasteiger partial charge in [-0.05, 0) is 49.4 Å². The zero-order chi connectivity index (χ0) is 30.5. The average molecular weight is 583 g/mol. The maximum atomic E-state index is 13.6. The van der Waals surface area contributed by atoms with E-state index in [0.29, 0.717) is 30.1 Å². The lowest BCUT2D eigenvalue weighted by atomic mass is 10.0. The van der Waals surface area contributed by atoms with Gasteiger partial charge in [-0.3, -0.25) is 14.5 Å². The van der Waals surface area contributed by atoms with Crippen LogP contribution in [0.3, 0.4) is 0 Å². The van der Waals surface area contributed by atoms with E-state index in [4.69, 9.17) is 4.74 Å². The second-order valence-electron chi connectivity index (χ2n) is 11.9. The smallest absolute Gasteiger partial charge is 0.228 e. The van der Waals surface area contributed by atoms with Crippen molar-refractivity contribution in [3.05, 3.63) is 95.7 Å². The first-order valence-corrected chi connectivity index (χ1v) is 15.0. The van der Waals surface area contributed by atoms with Gasteiger partial charge in [-0.25, -0.2) is 0 Å². The molecule has 2 amide bonds. The predicted octanol–water partition coefficient (Wildman–Crippen LogP) is 4.64. The van der Waals surface area contributed by atoms with Crippen molar-refractivity contribution in [2.45, 2.75) is 45.4 Å². The summed E-state index contributed by atoms with van der Waals surface area (Å²) >= 11 is 0. The molecule has 0 spiro atoms. The molecule has 5 rings (SSSR count). The molecule has 2 N–H and O–H groups in total. The average Bonchev–Trinajstić information content (AvgIpc) is 3.32. The number of nitrogens with one attached hydrogen (secondary N) is 1. The number of carbonyl (C=O) groups excluding carboxylic acids is 2. The van der Waals surface area contributed by atoms with Gasteiger partial charge in [-0.1, -0.05) is 55.5 Å². The molecule has 0 aliphatic carbocycles. The third-order valence-electron chi connectivity index (χ3n) is 8.32. The molecule has 0 bridgehead atoms. The first kappa shape index (κ1) is 30.3. The molecule has 8 nitrogen and oxygen atoms in total. The molecule has 0 saturated heterocycles. The number of fused-ring (bicyclic) bond motifs is 2. The number of aryl methyl sites for hydroxylation is 1. The summed E-state index contributed by atoms with van der Waals surface area (Å²) in [5.74, 6) is 0.456. The lowest BCUT2D eigenvalue weighted by molar-refractivity contribution is -0.134. The Morgan fingerprint density at radius 3 is 2.63 bits per heavy atom. The van der Waals surface area contributed by atoms with Crippen molar-refractivity contribution in [2.75, 3.05) is 32.1 Å². The third-order valence-corrected chi connectivity index (χ3v) is 8.32. The van der Waals surface area contributed by atoms with E-state index in [2.05, 4.69) is 36.3 Å². The van der Waals surface area contributed by atoms with E-state index in [1.807, 2.05) is 85.4 Å². The van der Waals surface area contributed by atoms with Crippen LogP contribution in [0, 0.1) is 5.92 Å². The minimum atomic E-state index is -0.317. The van der Waals surface area contributed by atoms with E-state index in [0.717, 1.165) is 23.0 Å². The molecule has 1 aliphatic rings. The van der Waals surface area contributed by atoms with Gasteiger partial charge in [0.05, 0.1) is 25.5 Å². The summed E-state index contributed by atoms with van der Waals surface area (Å²) in [5, 5.41) is 14.0. The minimum Gasteiger partial charge on any atom is -0.488 e. The van der Waals surface area contributed by atoms with Gasteiger partial charge in [0, 0.05) is 61.0 Å². The van der Waals surface area contributed by atoms with Crippen LogP contribution in [0.5, 0.6) is 5.75 Å². The third kappa shape index (κ3) is 7.27. The summed E-state index contributed by atoms with van der Waals surface area (Å²) < 4.78 is 8.69. The Bertz CT molecular complexity index is 1570. The number of aromatic nitrogens is 1. The number of hydrogen-bond acceptors (Lipinski definition) is 5. The number of ether oxygens (including phenoxy) is 1. The highest BCUT2D eigenvalue weighted by Crippen LogP contribution is 2.30. The van der Waals surface area contributed by atoms with Crippen LogP contribution in [0.15, 0.2) is 79.0 Å². The number of aliphatic hydroxyl groups is 1. The molecule has 4 aromatic rings. The summed E-state index contributed by atoms with van der Waals surface area (Å²) in [6.07, 6.45) is 2.15. The number of aliphatic hydroxyl groups excluding tert-OH is 1. The van der Waals surface area contributed by atoms with Crippen LogP contribution in [0.25, 0.3) is 10.9 Å². The van der Waals surface area contributed by atoms with Crippen LogP contribution in [-0.4, -0.2) is 70.2 Å². The largest absolute Gasteiger partial charge is 0.488 e. The minimum absolute atomic E-state index is 0.0159. The van der Waals surface area contributed by atoms with Gasteiger partial charge < -0.3 is 24.6 Å². The number of rotatable bonds is 9. The number of para-hydroxylation sites is 1. The van der Waals surface area contributed by atoms with Crippen molar-refractivity contribution >= 4 is 28.4 Å². The van der Waals surface area contributed by atoms with Gasteiger partial charge in [0.1, 0.15) is 11.9 Å². The van der Waals surface area contributed by atoms with E-state index in [1.54, 1.807) is 4.90 Å². The fraction of sp³-hybridized carbons (Fsp3) is 0.371. The fourth-order valence-corrected chi connectivity index (χ4v) is 5.94. The van der Waals surface area contributed by atoms with Crippen molar-refractivity contribution in [1.82, 2.24) is 14.4 Å². The van der Waals surface area contributed by atoms with Gasteiger partial charge in [-0.15, -0.1) is 0 Å². The fourth-order valence-electron chi connectivity index (χ4n) is 5.94. The maximum absolute atomic E-state index is 13.6. The van der Waals surface area contributed by atoms with Crippen molar-refractivity contribution in [2.24, 2.45) is 13.0 Å². The van der Waals surface area contributed by atoms with Crippen molar-refractivity contribution in [1.29, 1.82) is 0 Å². The SMILES string of the molecule is C[C@H]1CN([C@@H](C)CO)C(=O)Cc2cc(NC(=O)Cc3cn(C)c4ccccc34)ccc2O[C@H]1CN(C)Cc1ccccc1. The second-order valence-corrected chi connectivity index (χ2v) is 11.9. The molecule has 3 aromatic carbocycles. The lowest BCUT2D eigenvalue weighted by Crippen LogP contribution is -2.47. The Kier molecular flexibility index (Phi) is 9.48. The van der Waals surface area contributed by atoms with Crippen molar-refractivity contribution in [3.63, 3.8) is 0 Å². The van der Waals surface area contributed by atoms with Gasteiger partial charge in [-0.2, -0.15) is 0 Å². The molecule has 2 heterocycles. The van der Waals surface area contributed by atoms with E-state index in [1.165, 1.54) is 5.56 Å². The summed E-state index contributed by atoms with van der Waals surface area (Å²) in [6, 6.07) is 23.6. The number of carbonyl (C=O) groups is 2. The monoisotopic (exact) mass is 582 g/mol. The van der Waals surface area contributed by atoms with Gasteiger partial charge in [0.15, 0.2) is 0 Å². The van der Waals surface area contributed by atoms with Crippen LogP contribution < -0.4 is 10.1 Å². The molecule has 1 aromatic heterocycles. The highest BCUT2D eigenvalue weighted by molar-refractivity contribution is 5.96. The first-order valence-electron chi connectivity index (χ1n) is 15.0. The molecule has 0 fully saturated rings. The highest BCUT2D eigenvalue weighted by Gasteiger charge is 2.31. The zero-order valence-corrected chi connectivity index (χ0v) is 25.5. The van der Waals surface area contributed by atoms with E-state index >= 15 is 0 Å². The maximum Gasteiger partial charge on any atom is 0.228 e. The molecule has 43 heavy (non-hydrogen) atoms. The number of hydrogen-bond donors (Lipinski definition) is 2. The lowest BCUT2D eigenvalue weighted by Gasteiger charge is -2.34. The number of likely N-dealkylation sites (N-methyl/N-ethyl adjacent to an activating group) is 1. The van der Waals surface area contributed by atoms with Crippen LogP contribution in [0.2, 0.25) is 0 Å². The Morgan fingerprint density at radius 2 is 1.86 bits per heavy atom. The number of amides is 2. The van der Waals surface area contributed by atoms with E-state index in [-0.39, 0.29) is 49.3 Å². The highest BCUT2D eigenvalue weighted by atomic mass is 16.5. The first-order chi connectivity index (χ1) is 20.7. The molecular formula is C35H42N4O4. The molecule has 8 heteroatoms.